The summed E-state index contributed by atoms with van der Waals surface area (Å²) < 4.78 is 48.2. The van der Waals surface area contributed by atoms with Crippen molar-refractivity contribution < 1.29 is 55.2 Å². The van der Waals surface area contributed by atoms with Crippen LogP contribution in [-0.2, 0) is 42.0 Å². The Labute approximate surface area is 171 Å². The first-order valence-corrected chi connectivity index (χ1v) is 14.8. The fraction of sp³-hybridized carbons (Fsp3) is 0.684. The number of hydrogen-bond acceptors (Lipinski definition) is 4. The van der Waals surface area contributed by atoms with Crippen molar-refractivity contribution in [3.8, 4) is 0 Å². The molecule has 27 heavy (non-hydrogen) atoms. The van der Waals surface area contributed by atoms with Crippen LogP contribution >= 0.6 is 0 Å². The van der Waals surface area contributed by atoms with Crippen molar-refractivity contribution >= 4 is 11.8 Å². The molecule has 0 spiro atoms. The third kappa shape index (κ3) is 6.41. The molecule has 1 atom stereocenters. The summed E-state index contributed by atoms with van der Waals surface area (Å²) in [6.45, 7) is 5.65. The van der Waals surface area contributed by atoms with Gasteiger partial charge < -0.3 is 0 Å². The molecule has 0 aromatic carbocycles. The molecular formula is C19H27F3HgO4. The zero-order chi connectivity index (χ0) is 20.7. The van der Waals surface area contributed by atoms with E-state index in [2.05, 4.69) is 9.57 Å². The summed E-state index contributed by atoms with van der Waals surface area (Å²) in [5.74, 6) is -2.40. The second-order valence-electron chi connectivity index (χ2n) is 6.90. The van der Waals surface area contributed by atoms with Crippen molar-refractivity contribution in [3.05, 3.63) is 20.3 Å². The monoisotopic (exact) mass is 578 g/mol. The van der Waals surface area contributed by atoms with Crippen molar-refractivity contribution in [2.24, 2.45) is 0 Å². The van der Waals surface area contributed by atoms with Gasteiger partial charge in [0.05, 0.1) is 0 Å². The van der Waals surface area contributed by atoms with Crippen LogP contribution in [0.3, 0.4) is 0 Å². The summed E-state index contributed by atoms with van der Waals surface area (Å²) in [5.41, 5.74) is 0.844. The number of halogens is 3. The minimum atomic E-state index is -5.00. The van der Waals surface area contributed by atoms with Gasteiger partial charge >= 0.3 is 172 Å². The quantitative estimate of drug-likeness (QED) is 0.208. The van der Waals surface area contributed by atoms with E-state index in [9.17, 15) is 22.8 Å². The maximum atomic E-state index is 12.6. The van der Waals surface area contributed by atoms with Crippen LogP contribution in [-0.4, -0.2) is 30.6 Å². The van der Waals surface area contributed by atoms with Crippen molar-refractivity contribution in [1.29, 1.82) is 0 Å². The SMILES string of the molecule is CCCCCCCCC1=C(C)C(=O)/C(=[CH]\[Hg][O]C(=O)C(F)(F)F)C1(C)OC. The molecule has 0 N–H and O–H groups in total. The Bertz CT molecular complexity index is 611. The van der Waals surface area contributed by atoms with E-state index in [1.807, 2.05) is 0 Å². The first kappa shape index (κ1) is 24.3. The zero-order valence-electron chi connectivity index (χ0n) is 16.5. The summed E-state index contributed by atoms with van der Waals surface area (Å²) >= 11 is -2.81. The number of methoxy groups -OCH3 is 1. The summed E-state index contributed by atoms with van der Waals surface area (Å²) in [5, 5.41) is 0. The first-order valence-electron chi connectivity index (χ1n) is 9.34. The minimum absolute atomic E-state index is 0.219. The van der Waals surface area contributed by atoms with Gasteiger partial charge in [-0.15, -0.1) is 0 Å². The Kier molecular flexibility index (Phi) is 9.68. The van der Waals surface area contributed by atoms with Gasteiger partial charge in [0, 0.05) is 0 Å². The van der Waals surface area contributed by atoms with E-state index >= 15 is 0 Å². The molecule has 1 unspecified atom stereocenters. The molecule has 1 rings (SSSR count). The molecule has 8 heteroatoms. The van der Waals surface area contributed by atoms with E-state index in [1.54, 1.807) is 13.8 Å². The van der Waals surface area contributed by atoms with Crippen LogP contribution in [0.1, 0.15) is 65.7 Å². The fourth-order valence-corrected chi connectivity index (χ4v) is 7.82. The predicted molar refractivity (Wildman–Crippen MR) is 91.3 cm³/mol. The van der Waals surface area contributed by atoms with E-state index in [0.29, 0.717) is 17.6 Å². The molecular weight excluding hydrogens is 550 g/mol. The van der Waals surface area contributed by atoms with E-state index in [-0.39, 0.29) is 5.78 Å². The molecule has 0 fully saturated rings. The number of ether oxygens (including phenoxy) is 1. The van der Waals surface area contributed by atoms with Gasteiger partial charge in [-0.3, -0.25) is 0 Å². The number of ketones is 1. The molecule has 1 aliphatic rings. The summed E-state index contributed by atoms with van der Waals surface area (Å²) in [4.78, 5) is 23.5. The topological polar surface area (TPSA) is 52.6 Å². The van der Waals surface area contributed by atoms with Gasteiger partial charge in [-0.2, -0.15) is 0 Å². The summed E-state index contributed by atoms with van der Waals surface area (Å²) in [6, 6.07) is 0. The normalized spacial score (nSPS) is 21.7. The maximum absolute atomic E-state index is 12.6. The number of carbonyl (C=O) groups is 2. The third-order valence-corrected chi connectivity index (χ3v) is 8.95. The molecule has 0 amide bonds. The summed E-state index contributed by atoms with van der Waals surface area (Å²) in [7, 11) is 1.49. The first-order chi connectivity index (χ1) is 12.6. The molecule has 0 aromatic heterocycles. The van der Waals surface area contributed by atoms with Gasteiger partial charge in [-0.25, -0.2) is 0 Å². The van der Waals surface area contributed by atoms with Gasteiger partial charge in [0.25, 0.3) is 0 Å². The van der Waals surface area contributed by atoms with Crippen molar-refractivity contribution in [2.75, 3.05) is 7.11 Å². The van der Waals surface area contributed by atoms with Crippen LogP contribution < -0.4 is 0 Å². The third-order valence-electron chi connectivity index (χ3n) is 5.05. The number of hydrogen-bond donors (Lipinski definition) is 0. The zero-order valence-corrected chi connectivity index (χ0v) is 22.0. The van der Waals surface area contributed by atoms with Crippen LogP contribution in [0.2, 0.25) is 0 Å². The van der Waals surface area contributed by atoms with Gasteiger partial charge in [-0.05, 0) is 0 Å². The molecule has 0 aliphatic heterocycles. The van der Waals surface area contributed by atoms with Gasteiger partial charge in [0.15, 0.2) is 0 Å². The van der Waals surface area contributed by atoms with Crippen LogP contribution in [0.4, 0.5) is 13.2 Å². The number of carbonyl (C=O) groups excluding carboxylic acids is 2. The molecule has 150 valence electrons. The Hall–Kier alpha value is -0.695. The molecule has 0 saturated heterocycles. The van der Waals surface area contributed by atoms with Crippen LogP contribution in [0, 0.1) is 0 Å². The second-order valence-corrected chi connectivity index (χ2v) is 10.9. The van der Waals surface area contributed by atoms with Gasteiger partial charge in [0.2, 0.25) is 0 Å². The molecule has 0 aromatic rings. The van der Waals surface area contributed by atoms with Gasteiger partial charge in [-0.1, -0.05) is 0 Å². The van der Waals surface area contributed by atoms with Crippen LogP contribution in [0.5, 0.6) is 0 Å². The van der Waals surface area contributed by atoms with Gasteiger partial charge in [0.1, 0.15) is 0 Å². The molecule has 0 radical (unpaired) electrons. The van der Waals surface area contributed by atoms with E-state index < -0.39 is 42.8 Å². The number of unbranched alkanes of at least 4 members (excludes halogenated alkanes) is 5. The number of alkyl halides is 3. The predicted octanol–water partition coefficient (Wildman–Crippen LogP) is 5.03. The standard InChI is InChI=1S/C17H27O2.C2HF3O2.Hg/c1-6-7-8-9-10-11-12-15-13(2)16(18)14(3)17(15,4)19-5;3-2(4,5)1(6)7;/h3H,6-12H2,1-2,4-5H3;(H,6,7);/q;;+1/p-1. The molecule has 1 aliphatic carbocycles. The van der Waals surface area contributed by atoms with Crippen molar-refractivity contribution in [3.63, 3.8) is 0 Å². The Morgan fingerprint density at radius 1 is 1.19 bits per heavy atom. The van der Waals surface area contributed by atoms with E-state index in [0.717, 1.165) is 24.8 Å². The van der Waals surface area contributed by atoms with E-state index in [1.165, 1.54) is 30.0 Å². The van der Waals surface area contributed by atoms with Crippen molar-refractivity contribution in [2.45, 2.75) is 77.5 Å². The number of allylic oxidation sites excluding steroid dienone is 1. The Morgan fingerprint density at radius 3 is 2.33 bits per heavy atom. The van der Waals surface area contributed by atoms with Crippen LogP contribution in [0.15, 0.2) is 20.3 Å². The van der Waals surface area contributed by atoms with E-state index in [4.69, 9.17) is 4.74 Å². The molecule has 0 saturated carbocycles. The van der Waals surface area contributed by atoms with Crippen molar-refractivity contribution in [1.82, 2.24) is 0 Å². The Balaban J connectivity index is 2.78. The number of Topliss-reactive ketones (excluding diaryl/α,β-unsaturated/α-hetero) is 1. The molecule has 0 bridgehead atoms. The molecule has 4 nitrogen and oxygen atoms in total. The number of rotatable bonds is 10. The molecule has 0 heterocycles. The average molecular weight is 577 g/mol. The fourth-order valence-electron chi connectivity index (χ4n) is 3.39. The van der Waals surface area contributed by atoms with Crippen LogP contribution in [0.25, 0.3) is 0 Å². The summed E-state index contributed by atoms with van der Waals surface area (Å²) in [6.07, 6.45) is 2.44. The second kappa shape index (κ2) is 10.7. The average Bonchev–Trinajstić information content (AvgIpc) is 2.78. The Morgan fingerprint density at radius 2 is 1.78 bits per heavy atom.